The average molecular weight is 274 g/mol. The first-order valence-electron chi connectivity index (χ1n) is 5.65. The van der Waals surface area contributed by atoms with E-state index in [0.717, 1.165) is 5.56 Å². The second-order valence-electron chi connectivity index (χ2n) is 3.75. The van der Waals surface area contributed by atoms with Gasteiger partial charge in [-0.2, -0.15) is 5.10 Å². The van der Waals surface area contributed by atoms with Crippen LogP contribution in [0.2, 0.25) is 5.02 Å². The van der Waals surface area contributed by atoms with Gasteiger partial charge in [0.05, 0.1) is 6.21 Å². The number of anilines is 1. The summed E-state index contributed by atoms with van der Waals surface area (Å²) in [5.74, 6) is 0. The first-order valence-corrected chi connectivity index (χ1v) is 6.02. The van der Waals surface area contributed by atoms with Gasteiger partial charge in [0.15, 0.2) is 0 Å². The zero-order chi connectivity index (χ0) is 13.5. The zero-order valence-electron chi connectivity index (χ0n) is 10.0. The van der Waals surface area contributed by atoms with Gasteiger partial charge in [-0.3, -0.25) is 0 Å². The van der Waals surface area contributed by atoms with Crippen molar-refractivity contribution in [2.75, 3.05) is 5.32 Å². The van der Waals surface area contributed by atoms with Crippen LogP contribution < -0.4 is 10.7 Å². The molecular formula is C14H12ClN3O. The number of hydrazone groups is 1. The van der Waals surface area contributed by atoms with E-state index in [1.807, 2.05) is 30.3 Å². The Morgan fingerprint density at radius 3 is 2.63 bits per heavy atom. The fourth-order valence-corrected chi connectivity index (χ4v) is 1.63. The lowest BCUT2D eigenvalue weighted by Gasteiger charge is -2.03. The van der Waals surface area contributed by atoms with Gasteiger partial charge in [0, 0.05) is 10.7 Å². The molecule has 0 heterocycles. The number of benzene rings is 2. The van der Waals surface area contributed by atoms with Crippen molar-refractivity contribution in [3.05, 3.63) is 65.2 Å². The molecule has 2 aromatic rings. The molecule has 0 spiro atoms. The highest BCUT2D eigenvalue weighted by Crippen LogP contribution is 2.08. The molecule has 2 rings (SSSR count). The van der Waals surface area contributed by atoms with Crippen LogP contribution in [0.25, 0.3) is 0 Å². The fraction of sp³-hybridized carbons (Fsp3) is 0. The molecule has 0 atom stereocenters. The predicted molar refractivity (Wildman–Crippen MR) is 77.6 cm³/mol. The van der Waals surface area contributed by atoms with E-state index < -0.39 is 6.03 Å². The Balaban J connectivity index is 1.87. The fourth-order valence-electron chi connectivity index (χ4n) is 1.43. The normalized spacial score (nSPS) is 10.4. The molecule has 0 radical (unpaired) electrons. The highest BCUT2D eigenvalue weighted by Gasteiger charge is 1.98. The summed E-state index contributed by atoms with van der Waals surface area (Å²) >= 11 is 5.83. The van der Waals surface area contributed by atoms with E-state index in [1.165, 1.54) is 6.21 Å². The van der Waals surface area contributed by atoms with Crippen molar-refractivity contribution in [3.8, 4) is 0 Å². The summed E-state index contributed by atoms with van der Waals surface area (Å²) in [5, 5.41) is 7.11. The summed E-state index contributed by atoms with van der Waals surface area (Å²) in [5.41, 5.74) is 3.89. The third-order valence-electron chi connectivity index (χ3n) is 2.26. The number of amides is 2. The predicted octanol–water partition coefficient (Wildman–Crippen LogP) is 3.50. The molecule has 0 bridgehead atoms. The molecule has 2 N–H and O–H groups in total. The van der Waals surface area contributed by atoms with Crippen LogP contribution >= 0.6 is 11.6 Å². The molecule has 19 heavy (non-hydrogen) atoms. The van der Waals surface area contributed by atoms with Crippen LogP contribution in [0, 0.1) is 0 Å². The Kier molecular flexibility index (Phi) is 4.53. The maximum Gasteiger partial charge on any atom is 0.339 e. The first kappa shape index (κ1) is 13.1. The number of halogens is 1. The van der Waals surface area contributed by atoms with Gasteiger partial charge in [0.2, 0.25) is 0 Å². The van der Waals surface area contributed by atoms with Gasteiger partial charge >= 0.3 is 6.03 Å². The molecule has 5 heteroatoms. The van der Waals surface area contributed by atoms with Crippen LogP contribution in [0.3, 0.4) is 0 Å². The molecule has 4 nitrogen and oxygen atoms in total. The standard InChI is InChI=1S/C14H12ClN3O/c15-12-6-4-5-11(9-12)10-16-18-14(19)17-13-7-2-1-3-8-13/h1-10H,(H2,17,18,19)/b16-10+. The molecule has 0 aromatic heterocycles. The lowest BCUT2D eigenvalue weighted by Crippen LogP contribution is -2.24. The highest BCUT2D eigenvalue weighted by atomic mass is 35.5. The number of carbonyl (C=O) groups is 1. The topological polar surface area (TPSA) is 53.5 Å². The van der Waals surface area contributed by atoms with E-state index in [2.05, 4.69) is 15.8 Å². The molecule has 0 saturated carbocycles. The lowest BCUT2D eigenvalue weighted by molar-refractivity contribution is 0.252. The Morgan fingerprint density at radius 1 is 1.11 bits per heavy atom. The summed E-state index contributed by atoms with van der Waals surface area (Å²) in [7, 11) is 0. The number of hydrogen-bond acceptors (Lipinski definition) is 2. The van der Waals surface area contributed by atoms with Gasteiger partial charge in [-0.05, 0) is 29.8 Å². The van der Waals surface area contributed by atoms with Crippen LogP contribution in [0.5, 0.6) is 0 Å². The minimum absolute atomic E-state index is 0.399. The molecule has 0 saturated heterocycles. The summed E-state index contributed by atoms with van der Waals surface area (Å²) in [4.78, 5) is 11.5. The van der Waals surface area contributed by atoms with Crippen molar-refractivity contribution in [2.24, 2.45) is 5.10 Å². The van der Waals surface area contributed by atoms with E-state index in [4.69, 9.17) is 11.6 Å². The number of hydrogen-bond donors (Lipinski definition) is 2. The summed E-state index contributed by atoms with van der Waals surface area (Å²) in [6.45, 7) is 0. The Labute approximate surface area is 116 Å². The Morgan fingerprint density at radius 2 is 1.89 bits per heavy atom. The van der Waals surface area contributed by atoms with Crippen molar-refractivity contribution < 1.29 is 4.79 Å². The van der Waals surface area contributed by atoms with Gasteiger partial charge in [0.25, 0.3) is 0 Å². The highest BCUT2D eigenvalue weighted by molar-refractivity contribution is 6.30. The minimum atomic E-state index is -0.399. The number of nitrogens with zero attached hydrogens (tertiary/aromatic N) is 1. The molecule has 96 valence electrons. The Bertz CT molecular complexity index is 584. The zero-order valence-corrected chi connectivity index (χ0v) is 10.8. The lowest BCUT2D eigenvalue weighted by atomic mass is 10.2. The van der Waals surface area contributed by atoms with E-state index in [9.17, 15) is 4.79 Å². The molecule has 2 aromatic carbocycles. The number of rotatable bonds is 3. The van der Waals surface area contributed by atoms with Gasteiger partial charge in [-0.15, -0.1) is 0 Å². The van der Waals surface area contributed by atoms with Crippen LogP contribution in [-0.2, 0) is 0 Å². The summed E-state index contributed by atoms with van der Waals surface area (Å²) in [6, 6.07) is 15.9. The van der Waals surface area contributed by atoms with Crippen LogP contribution in [0.1, 0.15) is 5.56 Å². The van der Waals surface area contributed by atoms with Gasteiger partial charge < -0.3 is 5.32 Å². The minimum Gasteiger partial charge on any atom is -0.307 e. The van der Waals surface area contributed by atoms with Crippen LogP contribution in [-0.4, -0.2) is 12.2 Å². The van der Waals surface area contributed by atoms with Crippen LogP contribution in [0.4, 0.5) is 10.5 Å². The largest absolute Gasteiger partial charge is 0.339 e. The van der Waals surface area contributed by atoms with E-state index in [0.29, 0.717) is 10.7 Å². The monoisotopic (exact) mass is 273 g/mol. The third-order valence-corrected chi connectivity index (χ3v) is 2.50. The SMILES string of the molecule is O=C(N/N=C/c1cccc(Cl)c1)Nc1ccccc1. The van der Waals surface area contributed by atoms with E-state index >= 15 is 0 Å². The molecule has 0 aliphatic heterocycles. The molecule has 2 amide bonds. The van der Waals surface area contributed by atoms with Crippen LogP contribution in [0.15, 0.2) is 59.7 Å². The summed E-state index contributed by atoms with van der Waals surface area (Å²) in [6.07, 6.45) is 1.52. The van der Waals surface area contributed by atoms with Crippen molar-refractivity contribution in [2.45, 2.75) is 0 Å². The quantitative estimate of drug-likeness (QED) is 0.653. The molecule has 0 unspecified atom stereocenters. The number of para-hydroxylation sites is 1. The number of nitrogens with one attached hydrogen (secondary N) is 2. The van der Waals surface area contributed by atoms with E-state index in [-0.39, 0.29) is 0 Å². The maximum atomic E-state index is 11.5. The van der Waals surface area contributed by atoms with Crippen molar-refractivity contribution in [3.63, 3.8) is 0 Å². The van der Waals surface area contributed by atoms with Crippen molar-refractivity contribution in [1.82, 2.24) is 5.43 Å². The summed E-state index contributed by atoms with van der Waals surface area (Å²) < 4.78 is 0. The second kappa shape index (κ2) is 6.56. The molecular weight excluding hydrogens is 262 g/mol. The van der Waals surface area contributed by atoms with Crippen molar-refractivity contribution in [1.29, 1.82) is 0 Å². The third kappa shape index (κ3) is 4.44. The number of carbonyl (C=O) groups excluding carboxylic acids is 1. The Hall–Kier alpha value is -2.33. The first-order chi connectivity index (χ1) is 9.24. The number of urea groups is 1. The van der Waals surface area contributed by atoms with Gasteiger partial charge in [-0.1, -0.05) is 41.9 Å². The molecule has 0 fully saturated rings. The van der Waals surface area contributed by atoms with Gasteiger partial charge in [-0.25, -0.2) is 10.2 Å². The average Bonchev–Trinajstić information content (AvgIpc) is 2.40. The smallest absolute Gasteiger partial charge is 0.307 e. The van der Waals surface area contributed by atoms with E-state index in [1.54, 1.807) is 24.3 Å². The second-order valence-corrected chi connectivity index (χ2v) is 4.18. The molecule has 0 aliphatic rings. The molecule has 0 aliphatic carbocycles. The van der Waals surface area contributed by atoms with Crippen molar-refractivity contribution >= 4 is 29.5 Å². The van der Waals surface area contributed by atoms with Gasteiger partial charge in [0.1, 0.15) is 0 Å². The maximum absolute atomic E-state index is 11.5.